The maximum atomic E-state index is 4.71. The van der Waals surface area contributed by atoms with Crippen LogP contribution in [0, 0.1) is 0 Å². The van der Waals surface area contributed by atoms with Gasteiger partial charge < -0.3 is 11.5 Å². The van der Waals surface area contributed by atoms with Crippen LogP contribution in [0.1, 0.15) is 0 Å². The third-order valence-corrected chi connectivity index (χ3v) is 0. The number of thiocarbonyl (C=S) groups is 2. The number of nitrogens with two attached hydrogens (primary N) is 2. The minimum atomic E-state index is 0. The van der Waals surface area contributed by atoms with Crippen LogP contribution in [-0.2, 0) is 0 Å². The number of hydrogen-bond donors (Lipinski definition) is 4. The molecule has 2 radical (unpaired) electrons. The van der Waals surface area contributed by atoms with E-state index in [9.17, 15) is 0 Å². The van der Waals surface area contributed by atoms with Crippen LogP contribution in [0.25, 0.3) is 0 Å². The Morgan fingerprint density at radius 3 is 1.00 bits per heavy atom. The summed E-state index contributed by atoms with van der Waals surface area (Å²) < 4.78 is 0.389. The van der Waals surface area contributed by atoms with Gasteiger partial charge in [0.05, 0.1) is 0 Å². The monoisotopic (exact) mass is 316 g/mol. The summed E-state index contributed by atoms with van der Waals surface area (Å²) in [6, 6.07) is 0. The molecule has 0 aliphatic rings. The first-order valence-corrected chi connectivity index (χ1v) is 3.14. The van der Waals surface area contributed by atoms with Crippen molar-refractivity contribution in [3.63, 3.8) is 0 Å². The Labute approximate surface area is 92.7 Å². The number of hydrogen-bond acceptors (Lipinski definition) is 2. The van der Waals surface area contributed by atoms with Gasteiger partial charge in [0.25, 0.3) is 0 Å². The van der Waals surface area contributed by atoms with Gasteiger partial charge in [-0.05, 0) is 0 Å². The van der Waals surface area contributed by atoms with E-state index >= 15 is 0 Å². The van der Waals surface area contributed by atoms with Crippen molar-refractivity contribution in [2.24, 2.45) is 11.5 Å². The second-order valence-corrected chi connectivity index (χ2v) is 3.12. The van der Waals surface area contributed by atoms with E-state index in [1.54, 1.807) is 0 Å². The summed E-state index contributed by atoms with van der Waals surface area (Å²) in [5, 5.41) is 0. The summed E-state index contributed by atoms with van der Waals surface area (Å²) in [7, 11) is 0. The van der Waals surface area contributed by atoms with Crippen LogP contribution in [0.5, 0.6) is 0 Å². The molecule has 0 saturated heterocycles. The van der Waals surface area contributed by atoms with Gasteiger partial charge in [0, 0.05) is 23.7 Å². The molecule has 2 nitrogen and oxygen atoms in total. The smallest absolute Gasteiger partial charge is 0.128 e. The second kappa shape index (κ2) is 12.0. The molecule has 0 heterocycles. The number of thiol groups is 2. The summed E-state index contributed by atoms with van der Waals surface area (Å²) in [4.78, 5) is 0. The van der Waals surface area contributed by atoms with Gasteiger partial charge in [-0.25, -0.2) is 0 Å². The quantitative estimate of drug-likeness (QED) is 0.287. The van der Waals surface area contributed by atoms with E-state index in [4.69, 9.17) is 11.5 Å². The van der Waals surface area contributed by atoms with Crippen LogP contribution in [0.3, 0.4) is 0 Å². The average Bonchev–Trinajstić information content (AvgIpc) is 1.25. The topological polar surface area (TPSA) is 52.0 Å². The third kappa shape index (κ3) is 304. The minimum Gasteiger partial charge on any atom is -0.385 e. The SMILES string of the molecule is NC(=S)S.NC(=S)S.[Te]. The summed E-state index contributed by atoms with van der Waals surface area (Å²) in [5.74, 6) is 0. The molecular weight excluding hydrogens is 308 g/mol. The average molecular weight is 314 g/mol. The third-order valence-electron chi connectivity index (χ3n) is 0. The molecule has 4 N–H and O–H groups in total. The van der Waals surface area contributed by atoms with Crippen molar-refractivity contribution in [2.75, 3.05) is 0 Å². The maximum absolute atomic E-state index is 4.71. The van der Waals surface area contributed by atoms with Gasteiger partial charge in [-0.1, -0.05) is 24.4 Å². The van der Waals surface area contributed by atoms with E-state index in [1.165, 1.54) is 0 Å². The van der Waals surface area contributed by atoms with Crippen molar-refractivity contribution >= 4 is 82.0 Å². The van der Waals surface area contributed by atoms with Gasteiger partial charge in [-0.3, -0.25) is 0 Å². The molecule has 0 atom stereocenters. The van der Waals surface area contributed by atoms with Crippen molar-refractivity contribution in [1.29, 1.82) is 0 Å². The molecule has 0 rings (SSSR count). The van der Waals surface area contributed by atoms with Crippen LogP contribution in [0.15, 0.2) is 0 Å². The molecule has 0 aliphatic carbocycles. The first-order valence-electron chi connectivity index (χ1n) is 1.43. The molecule has 54 valence electrons. The fourth-order valence-corrected chi connectivity index (χ4v) is 0. The van der Waals surface area contributed by atoms with Crippen molar-refractivity contribution in [1.82, 2.24) is 0 Å². The molecule has 0 bridgehead atoms. The molecule has 7 heteroatoms. The van der Waals surface area contributed by atoms with Gasteiger partial charge in [0.1, 0.15) is 8.64 Å². The van der Waals surface area contributed by atoms with Crippen LogP contribution in [0.4, 0.5) is 0 Å². The molecule has 0 saturated carbocycles. The summed E-state index contributed by atoms with van der Waals surface area (Å²) >= 11 is 15.3. The van der Waals surface area contributed by atoms with Crippen molar-refractivity contribution in [3.8, 4) is 0 Å². The van der Waals surface area contributed by atoms with Crippen LogP contribution in [-0.4, -0.2) is 32.3 Å². The Morgan fingerprint density at radius 1 is 1.00 bits per heavy atom. The van der Waals surface area contributed by atoms with Gasteiger partial charge in [-0.2, -0.15) is 0 Å². The molecule has 0 amide bonds. The molecular formula is C2H6N2S4Te. The predicted octanol–water partition coefficient (Wildman–Crippen LogP) is -0.0612. The Hall–Kier alpha value is 1.27. The second-order valence-electron chi connectivity index (χ2n) is 0.676. The Kier molecular flexibility index (Phi) is 22.3. The normalized spacial score (nSPS) is 5.56. The summed E-state index contributed by atoms with van der Waals surface area (Å²) in [6.07, 6.45) is 0. The molecule has 0 aliphatic heterocycles. The molecule has 0 fully saturated rings. The minimum absolute atomic E-state index is 0. The van der Waals surface area contributed by atoms with E-state index < -0.39 is 0 Å². The largest absolute Gasteiger partial charge is 0.385 e. The summed E-state index contributed by atoms with van der Waals surface area (Å²) in [5.41, 5.74) is 9.41. The van der Waals surface area contributed by atoms with Crippen molar-refractivity contribution in [2.45, 2.75) is 0 Å². The first kappa shape index (κ1) is 16.7. The van der Waals surface area contributed by atoms with Gasteiger partial charge in [0.2, 0.25) is 0 Å². The van der Waals surface area contributed by atoms with Crippen LogP contribution in [0.2, 0.25) is 0 Å². The first-order chi connectivity index (χ1) is 3.46. The van der Waals surface area contributed by atoms with E-state index in [2.05, 4.69) is 49.7 Å². The fourth-order valence-electron chi connectivity index (χ4n) is 0. The predicted molar refractivity (Wildman–Crippen MR) is 57.3 cm³/mol. The summed E-state index contributed by atoms with van der Waals surface area (Å²) in [6.45, 7) is 0. The van der Waals surface area contributed by atoms with E-state index in [0.717, 1.165) is 0 Å². The Balaban J connectivity index is -0.0000000720. The number of rotatable bonds is 0. The van der Waals surface area contributed by atoms with E-state index in [1.807, 2.05) is 0 Å². The zero-order chi connectivity index (χ0) is 7.15. The fraction of sp³-hybridized carbons (Fsp3) is 0. The van der Waals surface area contributed by atoms with E-state index in [-0.39, 0.29) is 32.3 Å². The zero-order valence-electron chi connectivity index (χ0n) is 4.27. The molecule has 0 aromatic carbocycles. The van der Waals surface area contributed by atoms with Crippen molar-refractivity contribution < 1.29 is 0 Å². The molecule has 9 heavy (non-hydrogen) atoms. The standard InChI is InChI=1S/2CH3NS2.Te/c2*2-1(3)4;/h2*(H3,2,3,4);. The Morgan fingerprint density at radius 2 is 1.00 bits per heavy atom. The van der Waals surface area contributed by atoms with Crippen LogP contribution < -0.4 is 11.5 Å². The molecule has 0 unspecified atom stereocenters. The van der Waals surface area contributed by atoms with Crippen LogP contribution >= 0.6 is 49.7 Å². The van der Waals surface area contributed by atoms with Crippen molar-refractivity contribution in [3.05, 3.63) is 0 Å². The van der Waals surface area contributed by atoms with Gasteiger partial charge in [-0.15, -0.1) is 25.3 Å². The molecule has 0 spiro atoms. The zero-order valence-corrected chi connectivity index (χ0v) is 10.0. The van der Waals surface area contributed by atoms with Gasteiger partial charge in [0.15, 0.2) is 0 Å². The molecule has 0 aromatic rings. The molecule has 0 aromatic heterocycles. The maximum Gasteiger partial charge on any atom is 0.128 e. The van der Waals surface area contributed by atoms with E-state index in [0.29, 0.717) is 0 Å². The van der Waals surface area contributed by atoms with Gasteiger partial charge >= 0.3 is 0 Å². The Bertz CT molecular complexity index is 74.6.